The summed E-state index contributed by atoms with van der Waals surface area (Å²) in [4.78, 5) is 14.1. The zero-order chi connectivity index (χ0) is 23.5. The van der Waals surface area contributed by atoms with Crippen LogP contribution in [0.25, 0.3) is 0 Å². The van der Waals surface area contributed by atoms with Crippen LogP contribution in [0.2, 0.25) is 5.02 Å². The van der Waals surface area contributed by atoms with Gasteiger partial charge in [-0.3, -0.25) is 4.79 Å². The molecule has 0 amide bonds. The maximum absolute atomic E-state index is 16.0. The number of benzene rings is 4. The molecule has 0 aromatic heterocycles. The van der Waals surface area contributed by atoms with E-state index in [4.69, 9.17) is 11.6 Å². The maximum atomic E-state index is 16.0. The van der Waals surface area contributed by atoms with Gasteiger partial charge in [-0.25, -0.2) is 0 Å². The highest BCUT2D eigenvalue weighted by Crippen LogP contribution is 2.35. The molecule has 1 atom stereocenters. The molecule has 33 heavy (non-hydrogen) atoms. The molecule has 0 fully saturated rings. The molecule has 4 rings (SSSR count). The van der Waals surface area contributed by atoms with Crippen LogP contribution in [0, 0.1) is 0 Å². The summed E-state index contributed by atoms with van der Waals surface area (Å²) in [5.74, 6) is -4.05. The molecule has 0 saturated carbocycles. The van der Waals surface area contributed by atoms with Gasteiger partial charge in [0.25, 0.3) is 0 Å². The van der Waals surface area contributed by atoms with Crippen molar-refractivity contribution in [2.24, 2.45) is 0 Å². The van der Waals surface area contributed by atoms with Crippen molar-refractivity contribution < 1.29 is 18.7 Å². The van der Waals surface area contributed by atoms with Gasteiger partial charge >= 0.3 is 5.92 Å². The number of hydrogen-bond acceptors (Lipinski definition) is 2. The molecule has 0 saturated heterocycles. The summed E-state index contributed by atoms with van der Waals surface area (Å²) in [6, 6.07) is 31.5. The van der Waals surface area contributed by atoms with E-state index in [0.29, 0.717) is 20.6 Å². The zero-order valence-electron chi connectivity index (χ0n) is 17.5. The third-order valence-corrected chi connectivity index (χ3v) is 10.7. The van der Waals surface area contributed by atoms with Crippen molar-refractivity contribution in [2.75, 3.05) is 0 Å². The van der Waals surface area contributed by atoms with Gasteiger partial charge < -0.3 is 5.11 Å². The van der Waals surface area contributed by atoms with E-state index in [1.807, 2.05) is 0 Å². The lowest BCUT2D eigenvalue weighted by Gasteiger charge is -2.36. The maximum Gasteiger partial charge on any atom is 0.331 e. The largest absolute Gasteiger partial charge is 0.382 e. The highest BCUT2D eigenvalue weighted by atomic mass is 35.5. The van der Waals surface area contributed by atoms with Gasteiger partial charge in [0.05, 0.1) is 0 Å². The second-order valence-electron chi connectivity index (χ2n) is 7.75. The Morgan fingerprint density at radius 3 is 1.42 bits per heavy atom. The molecule has 0 heterocycles. The molecule has 0 bridgehead atoms. The Hall–Kier alpha value is -3.12. The van der Waals surface area contributed by atoms with Gasteiger partial charge in [0.2, 0.25) is 8.07 Å². The first kappa shape index (κ1) is 23.0. The SMILES string of the molecule is O=C(C(F)(F)C(O)c1ccc(Cl)cc1)[Si](c1ccccc1)(c1ccccc1)c1ccccc1. The van der Waals surface area contributed by atoms with Crippen LogP contribution in [0.3, 0.4) is 0 Å². The number of carbonyl (C=O) groups is 1. The fourth-order valence-electron chi connectivity index (χ4n) is 4.19. The summed E-state index contributed by atoms with van der Waals surface area (Å²) < 4.78 is 31.9. The Bertz CT molecular complexity index is 1120. The van der Waals surface area contributed by atoms with E-state index in [2.05, 4.69) is 0 Å². The molecule has 0 aliphatic carbocycles. The second kappa shape index (κ2) is 9.39. The molecule has 4 aromatic carbocycles. The molecule has 4 aromatic rings. The fourth-order valence-corrected chi connectivity index (χ4v) is 8.81. The van der Waals surface area contributed by atoms with Crippen molar-refractivity contribution in [3.8, 4) is 0 Å². The van der Waals surface area contributed by atoms with Crippen molar-refractivity contribution in [3.05, 3.63) is 126 Å². The van der Waals surface area contributed by atoms with Crippen molar-refractivity contribution in [1.82, 2.24) is 0 Å². The van der Waals surface area contributed by atoms with Gasteiger partial charge in [0, 0.05) is 5.02 Å². The average molecular weight is 479 g/mol. The molecular formula is C27H21ClF2O2Si. The smallest absolute Gasteiger partial charge is 0.331 e. The monoisotopic (exact) mass is 478 g/mol. The van der Waals surface area contributed by atoms with Crippen LogP contribution in [0.15, 0.2) is 115 Å². The number of carbonyl (C=O) groups excluding carboxylic acids is 1. The van der Waals surface area contributed by atoms with Gasteiger partial charge in [-0.2, -0.15) is 8.78 Å². The summed E-state index contributed by atoms with van der Waals surface area (Å²) in [7, 11) is -3.94. The van der Waals surface area contributed by atoms with Crippen LogP contribution in [-0.2, 0) is 4.79 Å². The topological polar surface area (TPSA) is 37.3 Å². The molecule has 166 valence electrons. The first-order valence-electron chi connectivity index (χ1n) is 10.4. The predicted molar refractivity (Wildman–Crippen MR) is 130 cm³/mol. The van der Waals surface area contributed by atoms with Gasteiger partial charge in [-0.1, -0.05) is 115 Å². The summed E-state index contributed by atoms with van der Waals surface area (Å²) in [5, 5.41) is 11.4. The molecule has 0 spiro atoms. The number of halogens is 3. The predicted octanol–water partition coefficient (Wildman–Crippen LogP) is 4.29. The molecule has 0 radical (unpaired) electrons. The first-order valence-corrected chi connectivity index (χ1v) is 12.8. The molecule has 0 aliphatic rings. The van der Waals surface area contributed by atoms with Gasteiger partial charge in [-0.05, 0) is 33.3 Å². The summed E-state index contributed by atoms with van der Waals surface area (Å²) in [5.41, 5.74) is -0.0742. The number of aliphatic hydroxyl groups is 1. The minimum Gasteiger partial charge on any atom is -0.382 e. The lowest BCUT2D eigenvalue weighted by molar-refractivity contribution is -0.153. The minimum absolute atomic E-state index is 0.0742. The Kier molecular flexibility index (Phi) is 6.56. The van der Waals surface area contributed by atoms with Crippen LogP contribution < -0.4 is 15.6 Å². The highest BCUT2D eigenvalue weighted by molar-refractivity contribution is 7.30. The van der Waals surface area contributed by atoms with E-state index in [1.54, 1.807) is 91.0 Å². The molecular weight excluding hydrogens is 458 g/mol. The third-order valence-electron chi connectivity index (χ3n) is 5.79. The van der Waals surface area contributed by atoms with Crippen LogP contribution >= 0.6 is 11.6 Å². The van der Waals surface area contributed by atoms with Crippen LogP contribution in [0.1, 0.15) is 11.7 Å². The zero-order valence-corrected chi connectivity index (χ0v) is 19.3. The number of rotatable bonds is 7. The van der Waals surface area contributed by atoms with Crippen molar-refractivity contribution in [2.45, 2.75) is 12.0 Å². The molecule has 1 unspecified atom stereocenters. The quantitative estimate of drug-likeness (QED) is 0.318. The average Bonchev–Trinajstić information content (AvgIpc) is 2.86. The Balaban J connectivity index is 1.98. The van der Waals surface area contributed by atoms with Gasteiger partial charge in [0.15, 0.2) is 5.41 Å². The Labute approximate surface area is 197 Å². The summed E-state index contributed by atoms with van der Waals surface area (Å²) in [6.07, 6.45) is -2.31. The minimum atomic E-state index is -4.05. The summed E-state index contributed by atoms with van der Waals surface area (Å²) in [6.45, 7) is 0. The lowest BCUT2D eigenvalue weighted by atomic mass is 10.0. The number of aliphatic hydroxyl groups excluding tert-OH is 1. The van der Waals surface area contributed by atoms with E-state index in [-0.39, 0.29) is 5.56 Å². The van der Waals surface area contributed by atoms with Crippen LogP contribution in [-0.4, -0.2) is 24.5 Å². The molecule has 1 N–H and O–H groups in total. The van der Waals surface area contributed by atoms with Crippen LogP contribution in [0.5, 0.6) is 0 Å². The van der Waals surface area contributed by atoms with E-state index in [0.717, 1.165) is 0 Å². The standard InChI is InChI=1S/C27H21ClF2O2Si/c28-21-18-16-20(17-19-21)25(31)27(29,30)26(32)33(22-10-4-1-5-11-22,23-12-6-2-7-13-23)24-14-8-3-9-15-24/h1-19,25,31H. The van der Waals surface area contributed by atoms with Crippen molar-refractivity contribution in [3.63, 3.8) is 0 Å². The highest BCUT2D eigenvalue weighted by Gasteiger charge is 2.60. The van der Waals surface area contributed by atoms with Crippen molar-refractivity contribution in [1.29, 1.82) is 0 Å². The van der Waals surface area contributed by atoms with E-state index < -0.39 is 25.5 Å². The van der Waals surface area contributed by atoms with E-state index in [1.165, 1.54) is 24.3 Å². The van der Waals surface area contributed by atoms with Crippen LogP contribution in [0.4, 0.5) is 8.78 Å². The summed E-state index contributed by atoms with van der Waals surface area (Å²) >= 11 is 5.88. The Morgan fingerprint density at radius 1 is 0.697 bits per heavy atom. The van der Waals surface area contributed by atoms with E-state index >= 15 is 8.78 Å². The lowest BCUT2D eigenvalue weighted by Crippen LogP contribution is -2.76. The van der Waals surface area contributed by atoms with Gasteiger partial charge in [-0.15, -0.1) is 0 Å². The molecule has 0 aliphatic heterocycles. The normalized spacial score (nSPS) is 12.8. The third kappa shape index (κ3) is 4.15. The first-order chi connectivity index (χ1) is 15.9. The number of alkyl halides is 2. The Morgan fingerprint density at radius 2 is 1.06 bits per heavy atom. The van der Waals surface area contributed by atoms with Gasteiger partial charge in [0.1, 0.15) is 6.10 Å². The fraction of sp³-hybridized carbons (Fsp3) is 0.0741. The second-order valence-corrected chi connectivity index (χ2v) is 11.9. The van der Waals surface area contributed by atoms with E-state index in [9.17, 15) is 9.90 Å². The molecule has 6 heteroatoms. The number of hydrogen-bond donors (Lipinski definition) is 1. The molecule has 2 nitrogen and oxygen atoms in total. The van der Waals surface area contributed by atoms with Crippen molar-refractivity contribution >= 4 is 40.6 Å².